The van der Waals surface area contributed by atoms with E-state index in [1.54, 1.807) is 13.0 Å². The lowest BCUT2D eigenvalue weighted by atomic mass is 9.94. The fraction of sp³-hybridized carbons (Fsp3) is 0.643. The fourth-order valence-corrected chi connectivity index (χ4v) is 2.70. The predicted octanol–water partition coefficient (Wildman–Crippen LogP) is 2.80. The van der Waals surface area contributed by atoms with E-state index in [2.05, 4.69) is 35.1 Å². The SMILES string of the molecule is CCn1cc(Br)cc1C(=O)NCC(C)(O)CC(C)C. The smallest absolute Gasteiger partial charge is 0.268 e. The first-order chi connectivity index (χ1) is 8.75. The normalized spacial score (nSPS) is 14.5. The van der Waals surface area contributed by atoms with Crippen LogP contribution in [0.15, 0.2) is 16.7 Å². The Labute approximate surface area is 123 Å². The third-order valence-electron chi connectivity index (χ3n) is 2.91. The van der Waals surface area contributed by atoms with Crippen LogP contribution in [0.3, 0.4) is 0 Å². The molecule has 0 aliphatic heterocycles. The van der Waals surface area contributed by atoms with E-state index < -0.39 is 5.60 Å². The van der Waals surface area contributed by atoms with Crippen LogP contribution in [0.25, 0.3) is 0 Å². The highest BCUT2D eigenvalue weighted by Gasteiger charge is 2.23. The molecule has 19 heavy (non-hydrogen) atoms. The van der Waals surface area contributed by atoms with Crippen molar-refractivity contribution in [2.75, 3.05) is 6.54 Å². The zero-order valence-corrected chi connectivity index (χ0v) is 13.6. The average Bonchev–Trinajstić information content (AvgIpc) is 2.66. The molecule has 5 heteroatoms. The summed E-state index contributed by atoms with van der Waals surface area (Å²) in [6.07, 6.45) is 2.53. The minimum absolute atomic E-state index is 0.156. The zero-order chi connectivity index (χ0) is 14.6. The molecule has 0 bridgehead atoms. The van der Waals surface area contributed by atoms with Crippen LogP contribution in [0.4, 0.5) is 0 Å². The molecule has 1 rings (SSSR count). The molecule has 0 saturated heterocycles. The van der Waals surface area contributed by atoms with Gasteiger partial charge in [0, 0.05) is 23.8 Å². The number of nitrogens with zero attached hydrogens (tertiary/aromatic N) is 1. The summed E-state index contributed by atoms with van der Waals surface area (Å²) in [7, 11) is 0. The van der Waals surface area contributed by atoms with Crippen molar-refractivity contribution < 1.29 is 9.90 Å². The Bertz CT molecular complexity index is 439. The Kier molecular flexibility index (Phi) is 5.62. The number of carbonyl (C=O) groups is 1. The largest absolute Gasteiger partial charge is 0.388 e. The highest BCUT2D eigenvalue weighted by atomic mass is 79.9. The molecule has 0 spiro atoms. The zero-order valence-electron chi connectivity index (χ0n) is 12.0. The molecule has 1 aromatic heterocycles. The number of hydrogen-bond acceptors (Lipinski definition) is 2. The Morgan fingerprint density at radius 3 is 2.74 bits per heavy atom. The number of aryl methyl sites for hydroxylation is 1. The van der Waals surface area contributed by atoms with E-state index in [1.165, 1.54) is 0 Å². The highest BCUT2D eigenvalue weighted by molar-refractivity contribution is 9.10. The monoisotopic (exact) mass is 330 g/mol. The maximum absolute atomic E-state index is 12.1. The number of carbonyl (C=O) groups excluding carboxylic acids is 1. The van der Waals surface area contributed by atoms with Gasteiger partial charge >= 0.3 is 0 Å². The second-order valence-corrected chi connectivity index (χ2v) is 6.52. The lowest BCUT2D eigenvalue weighted by molar-refractivity contribution is 0.0367. The molecule has 0 fully saturated rings. The first kappa shape index (κ1) is 16.2. The maximum Gasteiger partial charge on any atom is 0.268 e. The molecule has 0 radical (unpaired) electrons. The van der Waals surface area contributed by atoms with Gasteiger partial charge in [0.25, 0.3) is 5.91 Å². The molecular weight excluding hydrogens is 308 g/mol. The van der Waals surface area contributed by atoms with Gasteiger partial charge in [0.05, 0.1) is 5.60 Å². The Balaban J connectivity index is 2.65. The lowest BCUT2D eigenvalue weighted by Gasteiger charge is -2.25. The molecule has 0 aliphatic carbocycles. The van der Waals surface area contributed by atoms with Gasteiger partial charge in [0.1, 0.15) is 5.69 Å². The third-order valence-corrected chi connectivity index (χ3v) is 3.35. The van der Waals surface area contributed by atoms with Gasteiger partial charge in [-0.3, -0.25) is 4.79 Å². The van der Waals surface area contributed by atoms with Gasteiger partial charge in [-0.15, -0.1) is 0 Å². The third kappa shape index (κ3) is 4.99. The second kappa shape index (κ2) is 6.57. The number of aliphatic hydroxyl groups is 1. The summed E-state index contributed by atoms with van der Waals surface area (Å²) in [5, 5.41) is 13.0. The van der Waals surface area contributed by atoms with Gasteiger partial charge in [-0.1, -0.05) is 13.8 Å². The first-order valence-electron chi connectivity index (χ1n) is 6.61. The minimum atomic E-state index is -0.870. The van der Waals surface area contributed by atoms with Gasteiger partial charge in [0.15, 0.2) is 0 Å². The van der Waals surface area contributed by atoms with Gasteiger partial charge in [0.2, 0.25) is 0 Å². The molecule has 1 atom stereocenters. The minimum Gasteiger partial charge on any atom is -0.388 e. The van der Waals surface area contributed by atoms with Gasteiger partial charge in [-0.05, 0) is 48.2 Å². The Morgan fingerprint density at radius 2 is 2.21 bits per heavy atom. The quantitative estimate of drug-likeness (QED) is 0.842. The summed E-state index contributed by atoms with van der Waals surface area (Å²) in [6, 6.07) is 1.79. The van der Waals surface area contributed by atoms with Crippen molar-refractivity contribution in [1.82, 2.24) is 9.88 Å². The number of nitrogens with one attached hydrogen (secondary N) is 1. The molecule has 4 nitrogen and oxygen atoms in total. The molecule has 108 valence electrons. The van der Waals surface area contributed by atoms with Crippen molar-refractivity contribution in [2.24, 2.45) is 5.92 Å². The molecular formula is C14H23BrN2O2. The molecule has 0 saturated carbocycles. The van der Waals surface area contributed by atoms with Crippen molar-refractivity contribution in [2.45, 2.75) is 46.3 Å². The van der Waals surface area contributed by atoms with E-state index in [0.717, 1.165) is 11.0 Å². The summed E-state index contributed by atoms with van der Waals surface area (Å²) < 4.78 is 2.75. The fourth-order valence-electron chi connectivity index (χ4n) is 2.24. The highest BCUT2D eigenvalue weighted by Crippen LogP contribution is 2.17. The van der Waals surface area contributed by atoms with Gasteiger partial charge < -0.3 is 15.0 Å². The molecule has 0 aliphatic rings. The number of aromatic nitrogens is 1. The second-order valence-electron chi connectivity index (χ2n) is 5.61. The van der Waals surface area contributed by atoms with Crippen LogP contribution in [-0.4, -0.2) is 27.7 Å². The van der Waals surface area contributed by atoms with E-state index in [4.69, 9.17) is 0 Å². The number of hydrogen-bond donors (Lipinski definition) is 2. The van der Waals surface area contributed by atoms with Gasteiger partial charge in [-0.2, -0.15) is 0 Å². The van der Waals surface area contributed by atoms with Crippen LogP contribution in [0.5, 0.6) is 0 Å². The summed E-state index contributed by atoms with van der Waals surface area (Å²) in [4.78, 5) is 12.1. The standard InChI is InChI=1S/C14H23BrN2O2/c1-5-17-8-11(15)6-12(17)13(18)16-9-14(4,19)7-10(2)3/h6,8,10,19H,5,7,9H2,1-4H3,(H,16,18). The topological polar surface area (TPSA) is 54.3 Å². The summed E-state index contributed by atoms with van der Waals surface area (Å²) in [6.45, 7) is 8.83. The number of amides is 1. The van der Waals surface area contributed by atoms with E-state index >= 15 is 0 Å². The maximum atomic E-state index is 12.1. The molecule has 1 heterocycles. The molecule has 2 N–H and O–H groups in total. The summed E-state index contributed by atoms with van der Waals surface area (Å²) >= 11 is 3.37. The van der Waals surface area contributed by atoms with Crippen molar-refractivity contribution in [3.8, 4) is 0 Å². The van der Waals surface area contributed by atoms with Crippen LogP contribution >= 0.6 is 15.9 Å². The van der Waals surface area contributed by atoms with Crippen LogP contribution in [0.2, 0.25) is 0 Å². The number of halogens is 1. The van der Waals surface area contributed by atoms with Crippen molar-refractivity contribution >= 4 is 21.8 Å². The van der Waals surface area contributed by atoms with Crippen LogP contribution < -0.4 is 5.32 Å². The van der Waals surface area contributed by atoms with E-state index in [9.17, 15) is 9.90 Å². The van der Waals surface area contributed by atoms with E-state index in [-0.39, 0.29) is 12.5 Å². The van der Waals surface area contributed by atoms with Crippen molar-refractivity contribution in [1.29, 1.82) is 0 Å². The van der Waals surface area contributed by atoms with Crippen LogP contribution in [-0.2, 0) is 6.54 Å². The molecule has 1 unspecified atom stereocenters. The van der Waals surface area contributed by atoms with Crippen molar-refractivity contribution in [3.63, 3.8) is 0 Å². The molecule has 1 aromatic rings. The van der Waals surface area contributed by atoms with Crippen LogP contribution in [0, 0.1) is 5.92 Å². The summed E-state index contributed by atoms with van der Waals surface area (Å²) in [5.41, 5.74) is -0.264. The summed E-state index contributed by atoms with van der Waals surface area (Å²) in [5.74, 6) is 0.233. The Hall–Kier alpha value is -0.810. The van der Waals surface area contributed by atoms with E-state index in [1.807, 2.05) is 17.7 Å². The molecule has 1 amide bonds. The van der Waals surface area contributed by atoms with Crippen molar-refractivity contribution in [3.05, 3.63) is 22.4 Å². The number of rotatable bonds is 6. The van der Waals surface area contributed by atoms with Crippen LogP contribution in [0.1, 0.15) is 44.6 Å². The molecule has 0 aromatic carbocycles. The predicted molar refractivity (Wildman–Crippen MR) is 80.2 cm³/mol. The average molecular weight is 331 g/mol. The Morgan fingerprint density at radius 1 is 1.58 bits per heavy atom. The lowest BCUT2D eigenvalue weighted by Crippen LogP contribution is -2.41. The first-order valence-corrected chi connectivity index (χ1v) is 7.40. The van der Waals surface area contributed by atoms with Gasteiger partial charge in [-0.25, -0.2) is 0 Å². The van der Waals surface area contributed by atoms with E-state index in [0.29, 0.717) is 18.0 Å².